The quantitative estimate of drug-likeness (QED) is 0.281. The third kappa shape index (κ3) is 11.3. The Bertz CT molecular complexity index is 360. The van der Waals surface area contributed by atoms with Gasteiger partial charge in [-0.2, -0.15) is 0 Å². The van der Waals surface area contributed by atoms with Crippen molar-refractivity contribution in [3.8, 4) is 0 Å². The van der Waals surface area contributed by atoms with E-state index < -0.39 is 8.25 Å². The average Bonchev–Trinajstić information content (AvgIpc) is 2.32. The molecule has 1 unspecified atom stereocenters. The molecule has 0 aliphatic heterocycles. The van der Waals surface area contributed by atoms with E-state index in [9.17, 15) is 4.57 Å². The Morgan fingerprint density at radius 3 is 2.11 bits per heavy atom. The first-order chi connectivity index (χ1) is 8.49. The van der Waals surface area contributed by atoms with Crippen LogP contribution in [0.5, 0.6) is 0 Å². The summed E-state index contributed by atoms with van der Waals surface area (Å²) in [5.74, 6) is 0. The van der Waals surface area contributed by atoms with Crippen molar-refractivity contribution in [2.75, 3.05) is 23.8 Å². The van der Waals surface area contributed by atoms with Gasteiger partial charge in [-0.3, -0.25) is 4.57 Å². The van der Waals surface area contributed by atoms with Gasteiger partial charge in [0.25, 0.3) is 0 Å². The molecule has 0 saturated carbocycles. The molecule has 8 heteroatoms. The van der Waals surface area contributed by atoms with Crippen LogP contribution in [-0.4, -0.2) is 41.1 Å². The molecule has 106 valence electrons. The first-order valence-corrected chi connectivity index (χ1v) is 7.00. The molecule has 1 aromatic rings. The first-order valence-electron chi connectivity index (χ1n) is 5.74. The molecule has 19 heavy (non-hydrogen) atoms. The second kappa shape index (κ2) is 12.8. The number of rotatable bonds is 5. The van der Waals surface area contributed by atoms with Gasteiger partial charge in [-0.25, -0.2) is 0 Å². The van der Waals surface area contributed by atoms with Gasteiger partial charge in [0, 0.05) is 0 Å². The predicted molar refractivity (Wildman–Crippen MR) is 83.5 cm³/mol. The van der Waals surface area contributed by atoms with Crippen LogP contribution in [0.3, 0.4) is 0 Å². The van der Waals surface area contributed by atoms with Gasteiger partial charge < -0.3 is 26.6 Å². The molecule has 0 radical (unpaired) electrons. The minimum atomic E-state index is -2.67. The maximum absolute atomic E-state index is 9.93. The molecule has 7 N–H and O–H groups in total. The van der Waals surface area contributed by atoms with Crippen LogP contribution in [0.15, 0.2) is 18.2 Å². The van der Waals surface area contributed by atoms with Crippen LogP contribution < -0.4 is 17.2 Å². The molecule has 1 rings (SSSR count). The average molecular weight is 299 g/mol. The Morgan fingerprint density at radius 2 is 1.74 bits per heavy atom. The Hall–Kier alpha value is -0.230. The normalized spacial score (nSPS) is 10.8. The number of nitrogens with two attached hydrogens (primary N) is 3. The number of anilines is 3. The van der Waals surface area contributed by atoms with Gasteiger partial charge in [0.2, 0.25) is 0 Å². The third-order valence-corrected chi connectivity index (χ3v) is 2.60. The van der Waals surface area contributed by atoms with Crippen molar-refractivity contribution in [1.29, 1.82) is 0 Å². The monoisotopic (exact) mass is 299 g/mol. The zero-order chi connectivity index (χ0) is 14.0. The standard InChI is InChI=1S/C6H9N3.C5H13O3P.Na.H/c7-4-2-1-3-5(8)6(4)9;1-2-3-4-5-8-9(6)7;;/h1-3H,7-9H2;9H,2-5H2,1H3,(H,6,7);;. The van der Waals surface area contributed by atoms with Crippen LogP contribution >= 0.6 is 8.25 Å². The van der Waals surface area contributed by atoms with E-state index in [0.29, 0.717) is 23.7 Å². The number of para-hydroxylation sites is 1. The van der Waals surface area contributed by atoms with Gasteiger partial charge >= 0.3 is 37.8 Å². The van der Waals surface area contributed by atoms with Crippen molar-refractivity contribution < 1.29 is 14.0 Å². The number of hydrogen-bond donors (Lipinski definition) is 4. The first kappa shape index (κ1) is 21.1. The zero-order valence-corrected chi connectivity index (χ0v) is 11.6. The molecule has 1 atom stereocenters. The fourth-order valence-corrected chi connectivity index (χ4v) is 1.43. The molecule has 0 aliphatic carbocycles. The summed E-state index contributed by atoms with van der Waals surface area (Å²) in [6, 6.07) is 5.19. The fourth-order valence-electron chi connectivity index (χ4n) is 1.11. The molecule has 6 nitrogen and oxygen atoms in total. The van der Waals surface area contributed by atoms with E-state index in [1.165, 1.54) is 0 Å². The van der Waals surface area contributed by atoms with E-state index >= 15 is 0 Å². The summed E-state index contributed by atoms with van der Waals surface area (Å²) in [5, 5.41) is 0. The van der Waals surface area contributed by atoms with Crippen molar-refractivity contribution >= 4 is 54.9 Å². The molecule has 1 aromatic carbocycles. The van der Waals surface area contributed by atoms with E-state index in [4.69, 9.17) is 22.1 Å². The number of hydrogen-bond acceptors (Lipinski definition) is 5. The van der Waals surface area contributed by atoms with Crippen molar-refractivity contribution in [1.82, 2.24) is 0 Å². The maximum atomic E-state index is 9.93. The molecule has 0 bridgehead atoms. The van der Waals surface area contributed by atoms with Crippen molar-refractivity contribution in [3.63, 3.8) is 0 Å². The predicted octanol–water partition coefficient (Wildman–Crippen LogP) is 1.36. The molecule has 0 saturated heterocycles. The summed E-state index contributed by atoms with van der Waals surface area (Å²) >= 11 is 0. The third-order valence-electron chi connectivity index (χ3n) is 2.15. The Balaban J connectivity index is 0. The molecular weight excluding hydrogens is 276 g/mol. The van der Waals surface area contributed by atoms with Gasteiger partial charge in [0.05, 0.1) is 23.7 Å². The van der Waals surface area contributed by atoms with E-state index in [1.54, 1.807) is 18.2 Å². The summed E-state index contributed by atoms with van der Waals surface area (Å²) in [4.78, 5) is 8.18. The van der Waals surface area contributed by atoms with Gasteiger partial charge in [0.1, 0.15) is 0 Å². The molecular formula is C11H23N3NaO3P. The molecule has 0 spiro atoms. The van der Waals surface area contributed by atoms with Crippen LogP contribution in [0.25, 0.3) is 0 Å². The second-order valence-corrected chi connectivity index (χ2v) is 4.49. The SMILES string of the molecule is CCCCCO[PH](=O)O.Nc1cccc(N)c1N.[NaH]. The van der Waals surface area contributed by atoms with Crippen LogP contribution in [0.4, 0.5) is 17.1 Å². The molecule has 0 amide bonds. The van der Waals surface area contributed by atoms with Gasteiger partial charge in [-0.05, 0) is 18.6 Å². The van der Waals surface area contributed by atoms with E-state index in [-0.39, 0.29) is 29.6 Å². The topological polar surface area (TPSA) is 125 Å². The molecule has 0 aromatic heterocycles. The molecule has 0 fully saturated rings. The molecule has 0 aliphatic rings. The van der Waals surface area contributed by atoms with Crippen molar-refractivity contribution in [2.24, 2.45) is 0 Å². The van der Waals surface area contributed by atoms with Gasteiger partial charge in [0.15, 0.2) is 0 Å². The number of unbranched alkanes of at least 4 members (excludes halogenated alkanes) is 2. The van der Waals surface area contributed by atoms with Crippen LogP contribution in [0, 0.1) is 0 Å². The van der Waals surface area contributed by atoms with Gasteiger partial charge in [-0.15, -0.1) is 0 Å². The summed E-state index contributed by atoms with van der Waals surface area (Å²) in [7, 11) is -2.67. The fraction of sp³-hybridized carbons (Fsp3) is 0.455. The Kier molecular flexibility index (Phi) is 14.2. The van der Waals surface area contributed by atoms with Crippen molar-refractivity contribution in [2.45, 2.75) is 26.2 Å². The van der Waals surface area contributed by atoms with E-state index in [2.05, 4.69) is 11.4 Å². The van der Waals surface area contributed by atoms with Gasteiger partial charge in [-0.1, -0.05) is 25.8 Å². The van der Waals surface area contributed by atoms with E-state index in [0.717, 1.165) is 19.3 Å². The summed E-state index contributed by atoms with van der Waals surface area (Å²) in [6.07, 6.45) is 3.05. The zero-order valence-electron chi connectivity index (χ0n) is 10.6. The van der Waals surface area contributed by atoms with E-state index in [1.807, 2.05) is 0 Å². The van der Waals surface area contributed by atoms with Crippen LogP contribution in [0.1, 0.15) is 26.2 Å². The number of benzene rings is 1. The van der Waals surface area contributed by atoms with Crippen LogP contribution in [0.2, 0.25) is 0 Å². The summed E-state index contributed by atoms with van der Waals surface area (Å²) in [5.41, 5.74) is 17.8. The second-order valence-electron chi connectivity index (χ2n) is 3.67. The Morgan fingerprint density at radius 1 is 1.21 bits per heavy atom. The van der Waals surface area contributed by atoms with Crippen LogP contribution in [-0.2, 0) is 9.09 Å². The Labute approximate surface area is 136 Å². The molecule has 0 heterocycles. The summed E-state index contributed by atoms with van der Waals surface area (Å²) < 4.78 is 14.4. The summed E-state index contributed by atoms with van der Waals surface area (Å²) in [6.45, 7) is 2.49. The number of nitrogen functional groups attached to an aromatic ring is 3. The minimum absolute atomic E-state index is 0. The van der Waals surface area contributed by atoms with Crippen molar-refractivity contribution in [3.05, 3.63) is 18.2 Å².